The summed E-state index contributed by atoms with van der Waals surface area (Å²) in [6, 6.07) is 10.3. The standard InChI is InChI=1S/C15H14N2O3/c1-10-5-3-6-11(9-10)17(2)14(18)13-12(15(19)20)7-4-8-16-13/h3-9H,1-2H3,(H,19,20). The molecule has 1 aromatic carbocycles. The molecule has 0 atom stereocenters. The smallest absolute Gasteiger partial charge is 0.338 e. The van der Waals surface area contributed by atoms with Gasteiger partial charge >= 0.3 is 5.97 Å². The molecule has 0 saturated carbocycles. The highest BCUT2D eigenvalue weighted by Gasteiger charge is 2.21. The Morgan fingerprint density at radius 3 is 2.60 bits per heavy atom. The Kier molecular flexibility index (Phi) is 3.79. The molecule has 0 bridgehead atoms. The molecule has 0 radical (unpaired) electrons. The van der Waals surface area contributed by atoms with E-state index in [1.807, 2.05) is 25.1 Å². The van der Waals surface area contributed by atoms with Crippen molar-refractivity contribution in [3.8, 4) is 0 Å². The third-order valence-corrected chi connectivity index (χ3v) is 2.93. The van der Waals surface area contributed by atoms with E-state index in [2.05, 4.69) is 4.98 Å². The van der Waals surface area contributed by atoms with Gasteiger partial charge in [-0.3, -0.25) is 9.78 Å². The topological polar surface area (TPSA) is 70.5 Å². The zero-order valence-corrected chi connectivity index (χ0v) is 11.2. The molecular formula is C15H14N2O3. The zero-order valence-electron chi connectivity index (χ0n) is 11.2. The number of aromatic nitrogens is 1. The molecule has 0 fully saturated rings. The van der Waals surface area contributed by atoms with Crippen LogP contribution in [0.4, 0.5) is 5.69 Å². The molecule has 0 aliphatic rings. The van der Waals surface area contributed by atoms with Crippen molar-refractivity contribution in [3.63, 3.8) is 0 Å². The van der Waals surface area contributed by atoms with Crippen molar-refractivity contribution in [2.75, 3.05) is 11.9 Å². The molecule has 1 amide bonds. The molecular weight excluding hydrogens is 256 g/mol. The Morgan fingerprint density at radius 2 is 1.95 bits per heavy atom. The SMILES string of the molecule is Cc1cccc(N(C)C(=O)c2ncccc2C(=O)O)c1. The summed E-state index contributed by atoms with van der Waals surface area (Å²) >= 11 is 0. The van der Waals surface area contributed by atoms with Gasteiger partial charge in [-0.25, -0.2) is 4.79 Å². The van der Waals surface area contributed by atoms with Crippen molar-refractivity contribution in [1.82, 2.24) is 4.98 Å². The highest BCUT2D eigenvalue weighted by molar-refractivity contribution is 6.10. The van der Waals surface area contributed by atoms with Gasteiger partial charge in [-0.1, -0.05) is 12.1 Å². The van der Waals surface area contributed by atoms with Crippen LogP contribution in [-0.4, -0.2) is 29.0 Å². The normalized spacial score (nSPS) is 10.1. The Balaban J connectivity index is 2.39. The lowest BCUT2D eigenvalue weighted by molar-refractivity contribution is 0.0691. The molecule has 0 aliphatic heterocycles. The number of pyridine rings is 1. The second-order valence-corrected chi connectivity index (χ2v) is 4.41. The van der Waals surface area contributed by atoms with Crippen molar-refractivity contribution in [3.05, 3.63) is 59.4 Å². The van der Waals surface area contributed by atoms with Crippen LogP contribution in [0.3, 0.4) is 0 Å². The minimum Gasteiger partial charge on any atom is -0.478 e. The van der Waals surface area contributed by atoms with Crippen molar-refractivity contribution in [2.24, 2.45) is 0 Å². The molecule has 5 nitrogen and oxygen atoms in total. The Labute approximate surface area is 116 Å². The number of carboxylic acids is 1. The van der Waals surface area contributed by atoms with Gasteiger partial charge < -0.3 is 10.0 Å². The predicted molar refractivity (Wildman–Crippen MR) is 75.1 cm³/mol. The number of anilines is 1. The summed E-state index contributed by atoms with van der Waals surface area (Å²) in [6.07, 6.45) is 1.41. The number of carbonyl (C=O) groups is 2. The van der Waals surface area contributed by atoms with Gasteiger partial charge in [-0.2, -0.15) is 0 Å². The van der Waals surface area contributed by atoms with E-state index in [0.29, 0.717) is 5.69 Å². The maximum absolute atomic E-state index is 12.4. The Morgan fingerprint density at radius 1 is 1.20 bits per heavy atom. The van der Waals surface area contributed by atoms with E-state index in [4.69, 9.17) is 5.11 Å². The average molecular weight is 270 g/mol. The van der Waals surface area contributed by atoms with Crippen LogP contribution in [0.25, 0.3) is 0 Å². The summed E-state index contributed by atoms with van der Waals surface area (Å²) in [5.74, 6) is -1.62. The van der Waals surface area contributed by atoms with E-state index in [-0.39, 0.29) is 11.3 Å². The molecule has 0 saturated heterocycles. The molecule has 5 heteroatoms. The van der Waals surface area contributed by atoms with E-state index in [1.165, 1.54) is 23.2 Å². The van der Waals surface area contributed by atoms with Crippen molar-refractivity contribution in [2.45, 2.75) is 6.92 Å². The molecule has 1 aromatic heterocycles. The van der Waals surface area contributed by atoms with Crippen LogP contribution in [0.15, 0.2) is 42.6 Å². The fourth-order valence-corrected chi connectivity index (χ4v) is 1.86. The molecule has 1 N–H and O–H groups in total. The quantitative estimate of drug-likeness (QED) is 0.929. The van der Waals surface area contributed by atoms with Crippen LogP contribution in [0.2, 0.25) is 0 Å². The van der Waals surface area contributed by atoms with E-state index < -0.39 is 11.9 Å². The number of carbonyl (C=O) groups excluding carboxylic acids is 1. The van der Waals surface area contributed by atoms with Crippen molar-refractivity contribution >= 4 is 17.6 Å². The second-order valence-electron chi connectivity index (χ2n) is 4.41. The summed E-state index contributed by atoms with van der Waals surface area (Å²) in [5, 5.41) is 9.10. The van der Waals surface area contributed by atoms with Crippen LogP contribution in [-0.2, 0) is 0 Å². The maximum atomic E-state index is 12.4. The Bertz CT molecular complexity index is 668. The minimum atomic E-state index is -1.17. The summed E-state index contributed by atoms with van der Waals surface area (Å²) in [7, 11) is 1.59. The van der Waals surface area contributed by atoms with Gasteiger partial charge in [0.05, 0.1) is 5.56 Å². The molecule has 0 aliphatic carbocycles. The first-order valence-corrected chi connectivity index (χ1v) is 6.03. The van der Waals surface area contributed by atoms with Crippen LogP contribution < -0.4 is 4.90 Å². The predicted octanol–water partition coefficient (Wildman–Crippen LogP) is 2.36. The number of nitrogens with zero attached hydrogens (tertiary/aromatic N) is 2. The van der Waals surface area contributed by atoms with Crippen LogP contribution >= 0.6 is 0 Å². The average Bonchev–Trinajstić information content (AvgIpc) is 2.45. The number of hydrogen-bond donors (Lipinski definition) is 1. The number of aromatic carboxylic acids is 1. The minimum absolute atomic E-state index is 0.0657. The molecule has 20 heavy (non-hydrogen) atoms. The zero-order chi connectivity index (χ0) is 14.7. The number of hydrogen-bond acceptors (Lipinski definition) is 3. The highest BCUT2D eigenvalue weighted by atomic mass is 16.4. The van der Waals surface area contributed by atoms with Crippen LogP contribution in [0.1, 0.15) is 26.4 Å². The first-order chi connectivity index (χ1) is 9.50. The lowest BCUT2D eigenvalue weighted by Crippen LogP contribution is -2.29. The first kappa shape index (κ1) is 13.7. The number of aryl methyl sites for hydroxylation is 1. The van der Waals surface area contributed by atoms with Gasteiger partial charge in [-0.15, -0.1) is 0 Å². The van der Waals surface area contributed by atoms with E-state index in [0.717, 1.165) is 5.56 Å². The van der Waals surface area contributed by atoms with Crippen molar-refractivity contribution in [1.29, 1.82) is 0 Å². The maximum Gasteiger partial charge on any atom is 0.338 e. The number of amides is 1. The fourth-order valence-electron chi connectivity index (χ4n) is 1.86. The van der Waals surface area contributed by atoms with Gasteiger partial charge in [-0.05, 0) is 36.8 Å². The first-order valence-electron chi connectivity index (χ1n) is 6.03. The summed E-state index contributed by atoms with van der Waals surface area (Å²) in [4.78, 5) is 28.8. The number of benzene rings is 1. The molecule has 2 rings (SSSR count). The van der Waals surface area contributed by atoms with E-state index in [1.54, 1.807) is 13.1 Å². The van der Waals surface area contributed by atoms with Gasteiger partial charge in [0.1, 0.15) is 5.69 Å². The molecule has 1 heterocycles. The third-order valence-electron chi connectivity index (χ3n) is 2.93. The lowest BCUT2D eigenvalue weighted by atomic mass is 10.1. The third kappa shape index (κ3) is 2.66. The summed E-state index contributed by atoms with van der Waals surface area (Å²) < 4.78 is 0. The van der Waals surface area contributed by atoms with Crippen molar-refractivity contribution < 1.29 is 14.7 Å². The van der Waals surface area contributed by atoms with Gasteiger partial charge in [0.15, 0.2) is 0 Å². The van der Waals surface area contributed by atoms with Gasteiger partial charge in [0, 0.05) is 18.9 Å². The van der Waals surface area contributed by atoms with Gasteiger partial charge in [0.25, 0.3) is 5.91 Å². The highest BCUT2D eigenvalue weighted by Crippen LogP contribution is 2.17. The molecule has 2 aromatic rings. The summed E-state index contributed by atoms with van der Waals surface area (Å²) in [5.41, 5.74) is 1.54. The largest absolute Gasteiger partial charge is 0.478 e. The fraction of sp³-hybridized carbons (Fsp3) is 0.133. The summed E-state index contributed by atoms with van der Waals surface area (Å²) in [6.45, 7) is 1.92. The molecule has 0 unspecified atom stereocenters. The van der Waals surface area contributed by atoms with E-state index >= 15 is 0 Å². The number of carboxylic acid groups (broad SMARTS) is 1. The van der Waals surface area contributed by atoms with Crippen LogP contribution in [0.5, 0.6) is 0 Å². The number of rotatable bonds is 3. The van der Waals surface area contributed by atoms with E-state index in [9.17, 15) is 9.59 Å². The Hall–Kier alpha value is -2.69. The van der Waals surface area contributed by atoms with Gasteiger partial charge in [0.2, 0.25) is 0 Å². The molecule has 0 spiro atoms. The monoisotopic (exact) mass is 270 g/mol. The van der Waals surface area contributed by atoms with Crippen LogP contribution in [0, 0.1) is 6.92 Å². The second kappa shape index (κ2) is 5.52. The lowest BCUT2D eigenvalue weighted by Gasteiger charge is -2.18. The molecule has 102 valence electrons.